The van der Waals surface area contributed by atoms with Crippen LogP contribution in [-0.2, 0) is 16.1 Å². The first-order chi connectivity index (χ1) is 14.9. The van der Waals surface area contributed by atoms with Crippen molar-refractivity contribution in [2.45, 2.75) is 58.5 Å². The quantitative estimate of drug-likeness (QED) is 0.555. The molecule has 9 nitrogen and oxygen atoms in total. The molecule has 168 valence electrons. The molecule has 0 aliphatic carbocycles. The number of unbranched alkanes of at least 4 members (excludes halogenated alkanes) is 2. The Morgan fingerprint density at radius 2 is 1.90 bits per heavy atom. The maximum absolute atomic E-state index is 12.5. The topological polar surface area (TPSA) is 119 Å². The normalized spacial score (nSPS) is 14.0. The number of nitrogens with one attached hydrogen (secondary N) is 2. The summed E-state index contributed by atoms with van der Waals surface area (Å²) in [5.41, 5.74) is 1.91. The molecule has 2 heterocycles. The number of carboxylic acids is 1. The van der Waals surface area contributed by atoms with Gasteiger partial charge in [-0.3, -0.25) is 9.69 Å². The van der Waals surface area contributed by atoms with E-state index in [4.69, 9.17) is 0 Å². The predicted molar refractivity (Wildman–Crippen MR) is 115 cm³/mol. The molecule has 0 bridgehead atoms. The monoisotopic (exact) mass is 428 g/mol. The number of anilines is 1. The van der Waals surface area contributed by atoms with Crippen molar-refractivity contribution in [3.63, 3.8) is 0 Å². The van der Waals surface area contributed by atoms with Gasteiger partial charge >= 0.3 is 6.03 Å². The summed E-state index contributed by atoms with van der Waals surface area (Å²) in [5, 5.41) is 16.6. The summed E-state index contributed by atoms with van der Waals surface area (Å²) >= 11 is 0. The Morgan fingerprint density at radius 3 is 2.65 bits per heavy atom. The smallest absolute Gasteiger partial charge is 0.324 e. The fraction of sp³-hybridized carbons (Fsp3) is 0.545. The number of imidazole rings is 1. The van der Waals surface area contributed by atoms with Gasteiger partial charge in [0, 0.05) is 26.1 Å². The van der Waals surface area contributed by atoms with Crippen LogP contribution < -0.4 is 20.6 Å². The lowest BCUT2D eigenvalue weighted by Crippen LogP contribution is -2.48. The van der Waals surface area contributed by atoms with Gasteiger partial charge in [-0.25, -0.2) is 9.78 Å². The Balaban J connectivity index is 1.35. The van der Waals surface area contributed by atoms with E-state index in [1.165, 1.54) is 0 Å². The zero-order chi connectivity index (χ0) is 22.4. The van der Waals surface area contributed by atoms with Crippen LogP contribution >= 0.6 is 0 Å². The summed E-state index contributed by atoms with van der Waals surface area (Å²) in [6.07, 6.45) is 2.73. The summed E-state index contributed by atoms with van der Waals surface area (Å²) in [4.78, 5) is 41.8. The van der Waals surface area contributed by atoms with Crippen LogP contribution in [0.5, 0.6) is 0 Å². The van der Waals surface area contributed by atoms with Gasteiger partial charge in [-0.1, -0.05) is 32.4 Å². The number of urea groups is 1. The van der Waals surface area contributed by atoms with Gasteiger partial charge < -0.3 is 25.1 Å². The van der Waals surface area contributed by atoms with E-state index in [-0.39, 0.29) is 24.3 Å². The third-order valence-corrected chi connectivity index (χ3v) is 5.35. The summed E-state index contributed by atoms with van der Waals surface area (Å²) in [6.45, 7) is 5.62. The largest absolute Gasteiger partial charge is 0.548 e. The van der Waals surface area contributed by atoms with Crippen LogP contribution in [-0.4, -0.2) is 46.6 Å². The van der Waals surface area contributed by atoms with Gasteiger partial charge in [-0.2, -0.15) is 0 Å². The second-order valence-electron chi connectivity index (χ2n) is 8.32. The number of benzene rings is 1. The maximum Gasteiger partial charge on any atom is 0.324 e. The molecule has 1 atom stereocenters. The second-order valence-corrected chi connectivity index (χ2v) is 8.32. The van der Waals surface area contributed by atoms with Crippen LogP contribution in [0, 0.1) is 5.92 Å². The van der Waals surface area contributed by atoms with Crippen LogP contribution in [0.4, 0.5) is 10.7 Å². The first-order valence-corrected chi connectivity index (χ1v) is 10.9. The Morgan fingerprint density at radius 1 is 1.13 bits per heavy atom. The highest BCUT2D eigenvalue weighted by Crippen LogP contribution is 2.26. The number of aliphatic carboxylic acids is 1. The zero-order valence-electron chi connectivity index (χ0n) is 18.1. The lowest BCUT2D eigenvalue weighted by molar-refractivity contribution is -0.308. The van der Waals surface area contributed by atoms with Crippen molar-refractivity contribution in [2.24, 2.45) is 5.92 Å². The lowest BCUT2D eigenvalue weighted by atomic mass is 10.0. The van der Waals surface area contributed by atoms with Crippen molar-refractivity contribution in [3.05, 3.63) is 24.3 Å². The Labute approximate surface area is 181 Å². The van der Waals surface area contributed by atoms with E-state index in [0.29, 0.717) is 31.9 Å². The lowest BCUT2D eigenvalue weighted by Gasteiger charge is -2.21. The predicted octanol–water partition coefficient (Wildman–Crippen LogP) is 1.41. The number of hydrogen-bond acceptors (Lipinski definition) is 5. The molecule has 9 heteroatoms. The second kappa shape index (κ2) is 10.3. The summed E-state index contributed by atoms with van der Waals surface area (Å²) in [6, 6.07) is 6.71. The number of fused-ring (bicyclic) bond motifs is 3. The fourth-order valence-electron chi connectivity index (χ4n) is 3.81. The van der Waals surface area contributed by atoms with Gasteiger partial charge in [0.2, 0.25) is 11.9 Å². The Kier molecular flexibility index (Phi) is 7.49. The van der Waals surface area contributed by atoms with E-state index in [1.807, 2.05) is 42.7 Å². The van der Waals surface area contributed by atoms with Crippen LogP contribution in [0.25, 0.3) is 11.0 Å². The number of carboxylic acid groups (broad SMARTS) is 1. The summed E-state index contributed by atoms with van der Waals surface area (Å²) in [5.74, 6) is -0.715. The molecule has 0 saturated carbocycles. The highest BCUT2D eigenvalue weighted by atomic mass is 16.4. The number of hydrogen-bond donors (Lipinski definition) is 2. The van der Waals surface area contributed by atoms with E-state index in [2.05, 4.69) is 15.6 Å². The highest BCUT2D eigenvalue weighted by Gasteiger charge is 2.27. The van der Waals surface area contributed by atoms with Gasteiger partial charge in [-0.15, -0.1) is 0 Å². The Hall–Kier alpha value is -3.10. The number of para-hydroxylation sites is 2. The number of rotatable bonds is 10. The summed E-state index contributed by atoms with van der Waals surface area (Å²) in [7, 11) is 0. The molecule has 0 saturated heterocycles. The first kappa shape index (κ1) is 22.6. The van der Waals surface area contributed by atoms with Crippen LogP contribution in [0.1, 0.15) is 46.0 Å². The fourth-order valence-corrected chi connectivity index (χ4v) is 3.81. The average Bonchev–Trinajstić information content (AvgIpc) is 3.28. The van der Waals surface area contributed by atoms with Crippen LogP contribution in [0.15, 0.2) is 24.3 Å². The molecule has 1 aromatic carbocycles. The van der Waals surface area contributed by atoms with Crippen molar-refractivity contribution in [1.82, 2.24) is 20.2 Å². The Bertz CT molecular complexity index is 939. The molecular formula is C22H30N5O4-. The van der Waals surface area contributed by atoms with E-state index in [9.17, 15) is 19.5 Å². The number of carbonyl (C=O) groups is 3. The molecule has 2 N–H and O–H groups in total. The molecule has 0 radical (unpaired) electrons. The minimum atomic E-state index is -1.25. The van der Waals surface area contributed by atoms with Gasteiger partial charge in [-0.05, 0) is 37.3 Å². The van der Waals surface area contributed by atoms with E-state index < -0.39 is 12.0 Å². The van der Waals surface area contributed by atoms with Crippen molar-refractivity contribution < 1.29 is 19.5 Å². The molecule has 0 unspecified atom stereocenters. The van der Waals surface area contributed by atoms with Gasteiger partial charge in [0.25, 0.3) is 0 Å². The zero-order valence-corrected chi connectivity index (χ0v) is 18.1. The van der Waals surface area contributed by atoms with Crippen molar-refractivity contribution in [3.8, 4) is 0 Å². The maximum atomic E-state index is 12.5. The molecule has 31 heavy (non-hydrogen) atoms. The van der Waals surface area contributed by atoms with E-state index in [1.54, 1.807) is 4.90 Å². The minimum Gasteiger partial charge on any atom is -0.548 e. The molecule has 0 spiro atoms. The van der Waals surface area contributed by atoms with Crippen molar-refractivity contribution in [1.29, 1.82) is 0 Å². The molecule has 0 fully saturated rings. The van der Waals surface area contributed by atoms with Gasteiger partial charge in [0.1, 0.15) is 0 Å². The number of nitrogens with zero attached hydrogens (tertiary/aromatic N) is 3. The van der Waals surface area contributed by atoms with Crippen LogP contribution in [0.2, 0.25) is 0 Å². The molecular weight excluding hydrogens is 398 g/mol. The standard InChI is InChI=1S/C22H31N5O4/c1-15(2)14-17(20(29)30)24-19(28)10-4-3-7-11-23-22(31)27-13-12-26-18-9-6-5-8-16(18)25-21(26)27/h5-6,8-9,15,17H,3-4,7,10-14H2,1-2H3,(H,23,31)(H,24,28)(H,29,30)/p-1/t17-/m0/s1. The van der Waals surface area contributed by atoms with E-state index >= 15 is 0 Å². The van der Waals surface area contributed by atoms with Crippen molar-refractivity contribution in [2.75, 3.05) is 18.0 Å². The molecule has 1 aromatic heterocycles. The molecule has 3 amide bonds. The number of aromatic nitrogens is 2. The van der Waals surface area contributed by atoms with Crippen molar-refractivity contribution >= 4 is 34.9 Å². The molecule has 1 aliphatic rings. The average molecular weight is 429 g/mol. The van der Waals surface area contributed by atoms with Crippen LogP contribution in [0.3, 0.4) is 0 Å². The highest BCUT2D eigenvalue weighted by molar-refractivity contribution is 5.93. The molecule has 2 aromatic rings. The third-order valence-electron chi connectivity index (χ3n) is 5.35. The summed E-state index contributed by atoms with van der Waals surface area (Å²) < 4.78 is 2.05. The first-order valence-electron chi connectivity index (χ1n) is 10.9. The molecule has 1 aliphatic heterocycles. The number of carbonyl (C=O) groups excluding carboxylic acids is 3. The van der Waals surface area contributed by atoms with E-state index in [0.717, 1.165) is 30.4 Å². The third kappa shape index (κ3) is 5.74. The molecule has 3 rings (SSSR count). The number of amides is 3. The minimum absolute atomic E-state index is 0.152. The SMILES string of the molecule is CC(C)C[C@H](NC(=O)CCCCCNC(=O)N1CCn2c1nc1ccccc12)C(=O)[O-]. The van der Waals surface area contributed by atoms with Gasteiger partial charge in [0.15, 0.2) is 0 Å². The van der Waals surface area contributed by atoms with Gasteiger partial charge in [0.05, 0.1) is 23.0 Å².